The molecule has 4 aromatic rings. The van der Waals surface area contributed by atoms with E-state index in [2.05, 4.69) is 15.3 Å². The van der Waals surface area contributed by atoms with Gasteiger partial charge in [0.25, 0.3) is 0 Å². The molecule has 2 aromatic carbocycles. The highest BCUT2D eigenvalue weighted by atomic mass is 32.2. The van der Waals surface area contributed by atoms with E-state index in [0.29, 0.717) is 0 Å². The van der Waals surface area contributed by atoms with Crippen LogP contribution in [0.2, 0.25) is 0 Å². The summed E-state index contributed by atoms with van der Waals surface area (Å²) in [4.78, 5) is 21.8. The number of thioether (sulfide) groups is 1. The Morgan fingerprint density at radius 1 is 1.07 bits per heavy atom. The molecule has 0 spiro atoms. The second-order valence-electron chi connectivity index (χ2n) is 5.94. The molecule has 0 aliphatic rings. The zero-order valence-electron chi connectivity index (χ0n) is 15.0. The summed E-state index contributed by atoms with van der Waals surface area (Å²) < 4.78 is 6.16. The van der Waals surface area contributed by atoms with Gasteiger partial charge in [-0.3, -0.25) is 4.79 Å². The van der Waals surface area contributed by atoms with Gasteiger partial charge in [-0.25, -0.2) is 9.97 Å². The van der Waals surface area contributed by atoms with Gasteiger partial charge in [-0.1, -0.05) is 42.1 Å². The smallest absolute Gasteiger partial charge is 0.242 e. The molecule has 2 aromatic heterocycles. The fourth-order valence-corrected chi connectivity index (χ4v) is 4.76. The van der Waals surface area contributed by atoms with E-state index in [-0.39, 0.29) is 5.91 Å². The third-order valence-electron chi connectivity index (χ3n) is 4.14. The van der Waals surface area contributed by atoms with E-state index in [1.54, 1.807) is 24.8 Å². The average molecular weight is 408 g/mol. The Balaban J connectivity index is 1.63. The number of fused-ring (bicyclic) bond motifs is 1. The number of carbonyl (C=O) groups excluding carboxylic acids is 1. The first-order valence-electron chi connectivity index (χ1n) is 8.59. The number of carbonyl (C=O) groups is 1. The molecule has 1 atom stereocenters. The first kappa shape index (κ1) is 18.5. The van der Waals surface area contributed by atoms with Crippen molar-refractivity contribution in [3.8, 4) is 5.75 Å². The maximum absolute atomic E-state index is 13.1. The molecule has 5 nitrogen and oxygen atoms in total. The van der Waals surface area contributed by atoms with Crippen molar-refractivity contribution in [2.75, 3.05) is 12.4 Å². The van der Waals surface area contributed by atoms with Gasteiger partial charge in [0.15, 0.2) is 0 Å². The topological polar surface area (TPSA) is 64.1 Å². The van der Waals surface area contributed by atoms with Gasteiger partial charge in [0.1, 0.15) is 22.4 Å². The van der Waals surface area contributed by atoms with Crippen LogP contribution >= 0.6 is 23.1 Å². The summed E-state index contributed by atoms with van der Waals surface area (Å²) in [6, 6.07) is 19.0. The van der Waals surface area contributed by atoms with Gasteiger partial charge in [-0.05, 0) is 41.3 Å². The van der Waals surface area contributed by atoms with Crippen LogP contribution in [0, 0.1) is 0 Å². The predicted octanol–water partition coefficient (Wildman–Crippen LogP) is 5.17. The summed E-state index contributed by atoms with van der Waals surface area (Å²) in [7, 11) is 1.61. The third-order valence-corrected chi connectivity index (χ3v) is 6.43. The average Bonchev–Trinajstić information content (AvgIpc) is 3.23. The normalized spacial score (nSPS) is 11.9. The number of nitrogens with one attached hydrogen (secondary N) is 1. The molecule has 0 aliphatic heterocycles. The van der Waals surface area contributed by atoms with E-state index < -0.39 is 5.25 Å². The van der Waals surface area contributed by atoms with E-state index >= 15 is 0 Å². The maximum Gasteiger partial charge on any atom is 0.242 e. The van der Waals surface area contributed by atoms with Crippen LogP contribution in [0.4, 0.5) is 5.69 Å². The lowest BCUT2D eigenvalue weighted by Gasteiger charge is -2.17. The molecule has 0 saturated carbocycles. The van der Waals surface area contributed by atoms with E-state index in [1.807, 2.05) is 66.0 Å². The van der Waals surface area contributed by atoms with E-state index in [0.717, 1.165) is 32.2 Å². The molecule has 7 heteroatoms. The van der Waals surface area contributed by atoms with Crippen LogP contribution in [0.25, 0.3) is 10.2 Å². The van der Waals surface area contributed by atoms with Crippen molar-refractivity contribution in [2.45, 2.75) is 10.3 Å². The highest BCUT2D eigenvalue weighted by Crippen LogP contribution is 2.39. The molecule has 0 radical (unpaired) electrons. The van der Waals surface area contributed by atoms with Crippen LogP contribution in [0.1, 0.15) is 10.8 Å². The minimum absolute atomic E-state index is 0.107. The van der Waals surface area contributed by atoms with Crippen LogP contribution < -0.4 is 10.1 Å². The lowest BCUT2D eigenvalue weighted by molar-refractivity contribution is -0.115. The Morgan fingerprint density at radius 3 is 2.61 bits per heavy atom. The van der Waals surface area contributed by atoms with Gasteiger partial charge in [-0.15, -0.1) is 11.3 Å². The van der Waals surface area contributed by atoms with Crippen LogP contribution in [0.5, 0.6) is 5.75 Å². The van der Waals surface area contributed by atoms with Gasteiger partial charge in [0.05, 0.1) is 17.3 Å². The number of nitrogens with zero attached hydrogens (tertiary/aromatic N) is 2. The van der Waals surface area contributed by atoms with Gasteiger partial charge >= 0.3 is 0 Å². The van der Waals surface area contributed by atoms with Crippen molar-refractivity contribution in [1.82, 2.24) is 9.97 Å². The molecule has 28 heavy (non-hydrogen) atoms. The summed E-state index contributed by atoms with van der Waals surface area (Å²) in [5, 5.41) is 5.35. The maximum atomic E-state index is 13.1. The second-order valence-corrected chi connectivity index (χ2v) is 7.95. The first-order valence-corrected chi connectivity index (χ1v) is 10.4. The Hall–Kier alpha value is -2.90. The fourth-order valence-electron chi connectivity index (χ4n) is 2.74. The Bertz CT molecular complexity index is 1080. The molecule has 140 valence electrons. The molecule has 0 saturated heterocycles. The zero-order valence-corrected chi connectivity index (χ0v) is 16.7. The number of hydrogen-bond donors (Lipinski definition) is 1. The summed E-state index contributed by atoms with van der Waals surface area (Å²) in [5.74, 6) is 0.637. The molecular weight excluding hydrogens is 390 g/mol. The first-order chi connectivity index (χ1) is 13.7. The number of benzene rings is 2. The third kappa shape index (κ3) is 4.00. The predicted molar refractivity (Wildman–Crippen MR) is 114 cm³/mol. The molecule has 1 amide bonds. The molecule has 0 bridgehead atoms. The van der Waals surface area contributed by atoms with Crippen molar-refractivity contribution < 1.29 is 9.53 Å². The fraction of sp³-hybridized carbons (Fsp3) is 0.0952. The van der Waals surface area contributed by atoms with Gasteiger partial charge in [-0.2, -0.15) is 0 Å². The lowest BCUT2D eigenvalue weighted by atomic mass is 10.1. The van der Waals surface area contributed by atoms with Crippen molar-refractivity contribution in [3.63, 3.8) is 0 Å². The monoisotopic (exact) mass is 407 g/mol. The van der Waals surface area contributed by atoms with Crippen LogP contribution in [-0.4, -0.2) is 23.0 Å². The summed E-state index contributed by atoms with van der Waals surface area (Å²) in [6.07, 6.45) is 1.54. The van der Waals surface area contributed by atoms with Gasteiger partial charge in [0, 0.05) is 5.69 Å². The standard InChI is InChI=1S/C21H17N3O2S2/c1-26-16-9-7-15(8-10-16)24-20(25)18(14-5-3-2-4-6-14)28-21-19-17(11-12-27-19)22-13-23-21/h2-13,18H,1H3,(H,24,25). The Kier molecular flexibility index (Phi) is 5.55. The van der Waals surface area contributed by atoms with Crippen molar-refractivity contribution in [3.05, 3.63) is 77.9 Å². The quantitative estimate of drug-likeness (QED) is 0.353. The molecule has 1 unspecified atom stereocenters. The van der Waals surface area contributed by atoms with Crippen LogP contribution in [-0.2, 0) is 4.79 Å². The number of anilines is 1. The molecule has 4 rings (SSSR count). The van der Waals surface area contributed by atoms with E-state index in [1.165, 1.54) is 11.8 Å². The minimum atomic E-state index is -0.441. The SMILES string of the molecule is COc1ccc(NC(=O)C(Sc2ncnc3ccsc23)c2ccccc2)cc1. The molecule has 0 aliphatic carbocycles. The number of hydrogen-bond acceptors (Lipinski definition) is 6. The Labute approximate surface area is 170 Å². The van der Waals surface area contributed by atoms with Crippen LogP contribution in [0.3, 0.4) is 0 Å². The molecule has 1 N–H and O–H groups in total. The van der Waals surface area contributed by atoms with Crippen molar-refractivity contribution in [2.24, 2.45) is 0 Å². The molecule has 2 heterocycles. The van der Waals surface area contributed by atoms with Crippen molar-refractivity contribution in [1.29, 1.82) is 0 Å². The Morgan fingerprint density at radius 2 is 1.86 bits per heavy atom. The van der Waals surface area contributed by atoms with Gasteiger partial charge < -0.3 is 10.1 Å². The summed E-state index contributed by atoms with van der Waals surface area (Å²) in [6.45, 7) is 0. The number of thiophene rings is 1. The number of methoxy groups -OCH3 is 1. The van der Waals surface area contributed by atoms with Gasteiger partial charge in [0.2, 0.25) is 5.91 Å². The minimum Gasteiger partial charge on any atom is -0.497 e. The summed E-state index contributed by atoms with van der Waals surface area (Å²) in [5.41, 5.74) is 2.53. The largest absolute Gasteiger partial charge is 0.497 e. The molecule has 0 fully saturated rings. The van der Waals surface area contributed by atoms with E-state index in [9.17, 15) is 4.79 Å². The highest BCUT2D eigenvalue weighted by molar-refractivity contribution is 8.00. The van der Waals surface area contributed by atoms with Crippen LogP contribution in [0.15, 0.2) is 77.4 Å². The number of rotatable bonds is 6. The number of ether oxygens (including phenoxy) is 1. The second kappa shape index (κ2) is 8.41. The highest BCUT2D eigenvalue weighted by Gasteiger charge is 2.24. The summed E-state index contributed by atoms with van der Waals surface area (Å²) >= 11 is 3.01. The van der Waals surface area contributed by atoms with E-state index in [4.69, 9.17) is 4.74 Å². The number of amides is 1. The lowest BCUT2D eigenvalue weighted by Crippen LogP contribution is -2.19. The number of aromatic nitrogens is 2. The molecular formula is C21H17N3O2S2. The van der Waals surface area contributed by atoms with Crippen molar-refractivity contribution >= 4 is 44.9 Å². The zero-order chi connectivity index (χ0) is 19.3.